The van der Waals surface area contributed by atoms with E-state index in [0.717, 1.165) is 25.2 Å². The Bertz CT molecular complexity index is 475. The smallest absolute Gasteiger partial charge is 0.384 e. The van der Waals surface area contributed by atoms with Gasteiger partial charge in [0.1, 0.15) is 11.6 Å². The van der Waals surface area contributed by atoms with Crippen LogP contribution < -0.4 is 10.6 Å². The maximum atomic E-state index is 12.8. The quantitative estimate of drug-likeness (QED) is 0.854. The van der Waals surface area contributed by atoms with Gasteiger partial charge in [-0.1, -0.05) is 6.42 Å². The molecule has 2 aliphatic rings. The highest BCUT2D eigenvalue weighted by molar-refractivity contribution is 5.50. The molecule has 19 heavy (non-hydrogen) atoms. The van der Waals surface area contributed by atoms with Crippen LogP contribution in [-0.4, -0.2) is 18.1 Å². The third-order valence-electron chi connectivity index (χ3n) is 4.21. The Labute approximate surface area is 109 Å². The minimum Gasteiger partial charge on any atom is -0.384 e. The van der Waals surface area contributed by atoms with Crippen molar-refractivity contribution in [3.05, 3.63) is 17.7 Å². The number of hydrogen-bond donors (Lipinski definition) is 1. The van der Waals surface area contributed by atoms with Crippen molar-refractivity contribution in [3.63, 3.8) is 0 Å². The number of pyridine rings is 1. The third kappa shape index (κ3) is 2.35. The molecule has 0 radical (unpaired) electrons. The van der Waals surface area contributed by atoms with Crippen molar-refractivity contribution in [1.29, 1.82) is 0 Å². The van der Waals surface area contributed by atoms with Crippen LogP contribution in [0.5, 0.6) is 0 Å². The van der Waals surface area contributed by atoms with Crippen molar-refractivity contribution in [1.82, 2.24) is 4.98 Å². The Morgan fingerprint density at radius 3 is 2.37 bits per heavy atom. The molecule has 1 saturated carbocycles. The van der Waals surface area contributed by atoms with Gasteiger partial charge in [0.15, 0.2) is 0 Å². The van der Waals surface area contributed by atoms with Gasteiger partial charge >= 0.3 is 6.18 Å². The summed E-state index contributed by atoms with van der Waals surface area (Å²) in [6.07, 6.45) is -0.784. The summed E-state index contributed by atoms with van der Waals surface area (Å²) in [4.78, 5) is 6.00. The lowest BCUT2D eigenvalue weighted by Gasteiger charge is -2.20. The van der Waals surface area contributed by atoms with Gasteiger partial charge in [-0.2, -0.15) is 13.2 Å². The van der Waals surface area contributed by atoms with Crippen molar-refractivity contribution in [2.24, 2.45) is 11.8 Å². The summed E-state index contributed by atoms with van der Waals surface area (Å²) in [7, 11) is 0. The van der Waals surface area contributed by atoms with Crippen molar-refractivity contribution < 1.29 is 13.2 Å². The molecule has 1 aromatic heterocycles. The highest BCUT2D eigenvalue weighted by atomic mass is 19.4. The largest absolute Gasteiger partial charge is 0.416 e. The number of alkyl halides is 3. The number of nitrogens with two attached hydrogens (primary N) is 1. The van der Waals surface area contributed by atoms with Gasteiger partial charge in [0.25, 0.3) is 0 Å². The number of aromatic nitrogens is 1. The molecule has 0 spiro atoms. The summed E-state index contributed by atoms with van der Waals surface area (Å²) in [5, 5.41) is 0. The molecule has 6 heteroatoms. The molecule has 2 heterocycles. The van der Waals surface area contributed by atoms with Crippen LogP contribution in [0.15, 0.2) is 12.1 Å². The number of hydrogen-bond acceptors (Lipinski definition) is 3. The van der Waals surface area contributed by atoms with Crippen LogP contribution in [-0.2, 0) is 6.18 Å². The Kier molecular flexibility index (Phi) is 2.83. The van der Waals surface area contributed by atoms with E-state index in [0.29, 0.717) is 17.7 Å². The van der Waals surface area contributed by atoms with E-state index in [2.05, 4.69) is 4.98 Å². The van der Waals surface area contributed by atoms with E-state index in [1.54, 1.807) is 0 Å². The molecule has 0 amide bonds. The number of nitrogen functional groups attached to an aromatic ring is 1. The molecule has 2 fully saturated rings. The second-order valence-corrected chi connectivity index (χ2v) is 5.49. The predicted molar refractivity (Wildman–Crippen MR) is 66.7 cm³/mol. The lowest BCUT2D eigenvalue weighted by Crippen LogP contribution is -2.23. The monoisotopic (exact) mass is 271 g/mol. The van der Waals surface area contributed by atoms with E-state index < -0.39 is 11.7 Å². The fourth-order valence-corrected chi connectivity index (χ4v) is 3.28. The van der Waals surface area contributed by atoms with Crippen LogP contribution in [0, 0.1) is 11.8 Å². The average Bonchev–Trinajstić information content (AvgIpc) is 2.86. The van der Waals surface area contributed by atoms with Gasteiger partial charge in [0, 0.05) is 13.1 Å². The van der Waals surface area contributed by atoms with Crippen molar-refractivity contribution in [2.45, 2.75) is 25.4 Å². The second-order valence-electron chi connectivity index (χ2n) is 5.49. The first-order chi connectivity index (χ1) is 8.93. The lowest BCUT2D eigenvalue weighted by molar-refractivity contribution is -0.137. The van der Waals surface area contributed by atoms with E-state index in [1.807, 2.05) is 4.90 Å². The number of rotatable bonds is 1. The van der Waals surface area contributed by atoms with Crippen molar-refractivity contribution >= 4 is 11.6 Å². The topological polar surface area (TPSA) is 42.1 Å². The molecule has 2 unspecified atom stereocenters. The first-order valence-electron chi connectivity index (χ1n) is 6.53. The molecule has 2 atom stereocenters. The minimum absolute atomic E-state index is 0.0677. The Morgan fingerprint density at radius 1 is 1.16 bits per heavy atom. The van der Waals surface area contributed by atoms with Gasteiger partial charge < -0.3 is 10.6 Å². The van der Waals surface area contributed by atoms with Gasteiger partial charge in [-0.3, -0.25) is 0 Å². The minimum atomic E-state index is -4.37. The maximum Gasteiger partial charge on any atom is 0.416 e. The highest BCUT2D eigenvalue weighted by Crippen LogP contribution is 2.40. The second kappa shape index (κ2) is 4.28. The molecular formula is C13H16F3N3. The van der Waals surface area contributed by atoms with E-state index in [9.17, 15) is 13.2 Å². The van der Waals surface area contributed by atoms with Crippen molar-refractivity contribution in [3.8, 4) is 0 Å². The van der Waals surface area contributed by atoms with Crippen LogP contribution in [0.1, 0.15) is 24.8 Å². The summed E-state index contributed by atoms with van der Waals surface area (Å²) in [5.74, 6) is 1.51. The number of nitrogens with zero attached hydrogens (tertiary/aromatic N) is 2. The molecule has 2 N–H and O–H groups in total. The zero-order valence-electron chi connectivity index (χ0n) is 10.5. The highest BCUT2D eigenvalue weighted by Gasteiger charge is 2.38. The fourth-order valence-electron chi connectivity index (χ4n) is 3.28. The van der Waals surface area contributed by atoms with Crippen LogP contribution >= 0.6 is 0 Å². The Balaban J connectivity index is 1.87. The lowest BCUT2D eigenvalue weighted by atomic mass is 10.0. The molecule has 0 aromatic carbocycles. The van der Waals surface area contributed by atoms with Gasteiger partial charge in [0.2, 0.25) is 0 Å². The summed E-state index contributed by atoms with van der Waals surface area (Å²) in [6.45, 7) is 1.61. The van der Waals surface area contributed by atoms with Crippen LogP contribution in [0.4, 0.5) is 24.8 Å². The number of anilines is 2. The third-order valence-corrected chi connectivity index (χ3v) is 4.21. The predicted octanol–water partition coefficient (Wildman–Crippen LogP) is 2.92. The normalized spacial score (nSPS) is 26.8. The summed E-state index contributed by atoms with van der Waals surface area (Å²) in [6, 6.07) is 2.00. The Morgan fingerprint density at radius 2 is 1.79 bits per heavy atom. The number of halogens is 3. The summed E-state index contributed by atoms with van der Waals surface area (Å²) >= 11 is 0. The molecule has 1 aromatic rings. The molecule has 0 bridgehead atoms. The van der Waals surface area contributed by atoms with Crippen molar-refractivity contribution in [2.75, 3.05) is 23.7 Å². The molecule has 1 saturated heterocycles. The summed E-state index contributed by atoms with van der Waals surface area (Å²) in [5.41, 5.74) is 4.79. The van der Waals surface area contributed by atoms with Gasteiger partial charge in [-0.15, -0.1) is 0 Å². The van der Waals surface area contributed by atoms with Gasteiger partial charge in [0.05, 0.1) is 5.56 Å². The van der Waals surface area contributed by atoms with E-state index in [4.69, 9.17) is 5.73 Å². The standard InChI is InChI=1S/C13H16F3N3/c14-13(15,16)10-4-11(17)18-12(5-10)19-6-8-2-1-3-9(8)7-19/h4-5,8-9H,1-3,6-7H2,(H2,17,18). The molecule has 1 aliphatic carbocycles. The molecule has 1 aliphatic heterocycles. The first-order valence-corrected chi connectivity index (χ1v) is 6.53. The van der Waals surface area contributed by atoms with Gasteiger partial charge in [-0.25, -0.2) is 4.98 Å². The fraction of sp³-hybridized carbons (Fsp3) is 0.615. The van der Waals surface area contributed by atoms with E-state index in [1.165, 1.54) is 19.3 Å². The zero-order valence-corrected chi connectivity index (χ0v) is 10.5. The first kappa shape index (κ1) is 12.6. The molecule has 3 rings (SSSR count). The SMILES string of the molecule is Nc1cc(C(F)(F)F)cc(N2CC3CCCC3C2)n1. The molecule has 104 valence electrons. The van der Waals surface area contributed by atoms with Crippen LogP contribution in [0.25, 0.3) is 0 Å². The number of fused-ring (bicyclic) bond motifs is 1. The van der Waals surface area contributed by atoms with E-state index >= 15 is 0 Å². The van der Waals surface area contributed by atoms with Gasteiger partial charge in [-0.05, 0) is 36.8 Å². The zero-order chi connectivity index (χ0) is 13.6. The summed E-state index contributed by atoms with van der Waals surface area (Å²) < 4.78 is 38.3. The van der Waals surface area contributed by atoms with E-state index in [-0.39, 0.29) is 5.82 Å². The van der Waals surface area contributed by atoms with Crippen LogP contribution in [0.3, 0.4) is 0 Å². The Hall–Kier alpha value is -1.46. The maximum absolute atomic E-state index is 12.8. The molecule has 3 nitrogen and oxygen atoms in total. The van der Waals surface area contributed by atoms with Crippen LogP contribution in [0.2, 0.25) is 0 Å². The molecular weight excluding hydrogens is 255 g/mol. The average molecular weight is 271 g/mol.